The summed E-state index contributed by atoms with van der Waals surface area (Å²) in [6.45, 7) is 1.24. The van der Waals surface area contributed by atoms with Gasteiger partial charge in [-0.15, -0.1) is 0 Å². The number of ether oxygens (including phenoxy) is 1. The van der Waals surface area contributed by atoms with Gasteiger partial charge in [-0.05, 0) is 25.7 Å². The molecule has 1 saturated carbocycles. The minimum Gasteiger partial charge on any atom is -0.388 e. The van der Waals surface area contributed by atoms with E-state index >= 15 is 0 Å². The standard InChI is InChI=1S/C8H15NO2/c9-7(4-5-11-6-7)8(10)2-1-3-8/h10H,1-6,9H2. The Balaban J connectivity index is 2.11. The van der Waals surface area contributed by atoms with Crippen LogP contribution < -0.4 is 5.73 Å². The molecule has 3 N–H and O–H groups in total. The fourth-order valence-corrected chi connectivity index (χ4v) is 1.96. The maximum absolute atomic E-state index is 9.96. The van der Waals surface area contributed by atoms with Crippen LogP contribution in [-0.2, 0) is 4.74 Å². The smallest absolute Gasteiger partial charge is 0.0849 e. The van der Waals surface area contributed by atoms with E-state index < -0.39 is 11.1 Å². The first-order valence-electron chi connectivity index (χ1n) is 4.25. The van der Waals surface area contributed by atoms with E-state index in [1.807, 2.05) is 0 Å². The van der Waals surface area contributed by atoms with Crippen LogP contribution in [0.1, 0.15) is 25.7 Å². The van der Waals surface area contributed by atoms with Gasteiger partial charge in [0.15, 0.2) is 0 Å². The summed E-state index contributed by atoms with van der Waals surface area (Å²) in [5, 5.41) is 9.96. The van der Waals surface area contributed by atoms with Gasteiger partial charge in [0, 0.05) is 6.61 Å². The number of aliphatic hydroxyl groups is 1. The third-order valence-electron chi connectivity index (χ3n) is 3.16. The van der Waals surface area contributed by atoms with Gasteiger partial charge >= 0.3 is 0 Å². The highest BCUT2D eigenvalue weighted by Gasteiger charge is 2.53. The Morgan fingerprint density at radius 1 is 1.27 bits per heavy atom. The first kappa shape index (κ1) is 7.53. The van der Waals surface area contributed by atoms with Crippen molar-refractivity contribution < 1.29 is 9.84 Å². The van der Waals surface area contributed by atoms with Gasteiger partial charge in [0.25, 0.3) is 0 Å². The molecule has 3 heteroatoms. The van der Waals surface area contributed by atoms with Gasteiger partial charge in [0.05, 0.1) is 17.7 Å². The maximum atomic E-state index is 9.96. The molecule has 1 heterocycles. The molecule has 0 radical (unpaired) electrons. The van der Waals surface area contributed by atoms with Gasteiger partial charge in [-0.2, -0.15) is 0 Å². The van der Waals surface area contributed by atoms with Crippen molar-refractivity contribution in [1.29, 1.82) is 0 Å². The molecule has 3 nitrogen and oxygen atoms in total. The zero-order valence-corrected chi connectivity index (χ0v) is 6.68. The molecule has 1 aliphatic heterocycles. The summed E-state index contributed by atoms with van der Waals surface area (Å²) in [5.74, 6) is 0. The zero-order valence-electron chi connectivity index (χ0n) is 6.68. The lowest BCUT2D eigenvalue weighted by molar-refractivity contribution is -0.0980. The van der Waals surface area contributed by atoms with Crippen LogP contribution in [0.4, 0.5) is 0 Å². The lowest BCUT2D eigenvalue weighted by Crippen LogP contribution is -2.64. The predicted octanol–water partition coefficient (Wildman–Crippen LogP) is 0.0192. The number of hydrogen-bond acceptors (Lipinski definition) is 3. The zero-order chi connectivity index (χ0) is 7.95. The molecule has 0 amide bonds. The quantitative estimate of drug-likeness (QED) is 0.564. The Morgan fingerprint density at radius 3 is 2.36 bits per heavy atom. The summed E-state index contributed by atoms with van der Waals surface area (Å²) < 4.78 is 5.20. The average molecular weight is 157 g/mol. The predicted molar refractivity (Wildman–Crippen MR) is 41.2 cm³/mol. The Morgan fingerprint density at radius 2 is 2.00 bits per heavy atom. The lowest BCUT2D eigenvalue weighted by atomic mass is 9.66. The fraction of sp³-hybridized carbons (Fsp3) is 1.00. The van der Waals surface area contributed by atoms with Crippen LogP contribution in [0.3, 0.4) is 0 Å². The maximum Gasteiger partial charge on any atom is 0.0849 e. The Bertz CT molecular complexity index is 159. The SMILES string of the molecule is NC1(C2(O)CCC2)CCOC1. The third kappa shape index (κ3) is 0.916. The molecule has 2 rings (SSSR count). The van der Waals surface area contributed by atoms with Crippen molar-refractivity contribution >= 4 is 0 Å². The van der Waals surface area contributed by atoms with E-state index in [-0.39, 0.29) is 0 Å². The molecular weight excluding hydrogens is 142 g/mol. The topological polar surface area (TPSA) is 55.5 Å². The second-order valence-electron chi connectivity index (χ2n) is 3.84. The van der Waals surface area contributed by atoms with Crippen LogP contribution in [0, 0.1) is 0 Å². The largest absolute Gasteiger partial charge is 0.388 e. The normalized spacial score (nSPS) is 42.0. The van der Waals surface area contributed by atoms with Crippen molar-refractivity contribution in [2.24, 2.45) is 5.73 Å². The molecule has 1 saturated heterocycles. The van der Waals surface area contributed by atoms with E-state index in [1.165, 1.54) is 0 Å². The van der Waals surface area contributed by atoms with E-state index in [0.717, 1.165) is 25.7 Å². The van der Waals surface area contributed by atoms with Crippen LogP contribution in [0.15, 0.2) is 0 Å². The Kier molecular flexibility index (Phi) is 1.50. The van der Waals surface area contributed by atoms with Crippen LogP contribution in [-0.4, -0.2) is 29.5 Å². The van der Waals surface area contributed by atoms with Gasteiger partial charge in [-0.3, -0.25) is 0 Å². The molecule has 1 atom stereocenters. The van der Waals surface area contributed by atoms with Crippen LogP contribution >= 0.6 is 0 Å². The highest BCUT2D eigenvalue weighted by Crippen LogP contribution is 2.42. The molecule has 1 unspecified atom stereocenters. The van der Waals surface area contributed by atoms with E-state index in [2.05, 4.69) is 0 Å². The highest BCUT2D eigenvalue weighted by atomic mass is 16.5. The average Bonchev–Trinajstić information content (AvgIpc) is 2.32. The summed E-state index contributed by atoms with van der Waals surface area (Å²) in [6, 6.07) is 0. The first-order valence-corrected chi connectivity index (χ1v) is 4.25. The third-order valence-corrected chi connectivity index (χ3v) is 3.16. The summed E-state index contributed by atoms with van der Waals surface area (Å²) in [6.07, 6.45) is 3.62. The van der Waals surface area contributed by atoms with Gasteiger partial charge < -0.3 is 15.6 Å². The van der Waals surface area contributed by atoms with Crippen molar-refractivity contribution in [1.82, 2.24) is 0 Å². The second kappa shape index (κ2) is 2.19. The molecule has 0 bridgehead atoms. The summed E-state index contributed by atoms with van der Waals surface area (Å²) in [4.78, 5) is 0. The monoisotopic (exact) mass is 157 g/mol. The van der Waals surface area contributed by atoms with Crippen molar-refractivity contribution in [3.8, 4) is 0 Å². The van der Waals surface area contributed by atoms with Crippen molar-refractivity contribution in [3.63, 3.8) is 0 Å². The van der Waals surface area contributed by atoms with Gasteiger partial charge in [-0.25, -0.2) is 0 Å². The van der Waals surface area contributed by atoms with Crippen LogP contribution in [0.5, 0.6) is 0 Å². The fourth-order valence-electron chi connectivity index (χ4n) is 1.96. The number of nitrogens with two attached hydrogens (primary N) is 1. The molecule has 2 aliphatic rings. The summed E-state index contributed by atoms with van der Waals surface area (Å²) >= 11 is 0. The first-order chi connectivity index (χ1) is 5.16. The van der Waals surface area contributed by atoms with Crippen molar-refractivity contribution in [3.05, 3.63) is 0 Å². The molecule has 2 fully saturated rings. The van der Waals surface area contributed by atoms with Crippen molar-refractivity contribution in [2.45, 2.75) is 36.8 Å². The lowest BCUT2D eigenvalue weighted by Gasteiger charge is -2.47. The number of rotatable bonds is 1. The molecular formula is C8H15NO2. The molecule has 64 valence electrons. The van der Waals surface area contributed by atoms with E-state index in [4.69, 9.17) is 10.5 Å². The molecule has 0 aromatic heterocycles. The van der Waals surface area contributed by atoms with Crippen LogP contribution in [0.25, 0.3) is 0 Å². The molecule has 0 aromatic rings. The summed E-state index contributed by atoms with van der Waals surface area (Å²) in [7, 11) is 0. The van der Waals surface area contributed by atoms with Gasteiger partial charge in [-0.1, -0.05) is 0 Å². The minimum atomic E-state index is -0.608. The van der Waals surface area contributed by atoms with E-state index in [0.29, 0.717) is 13.2 Å². The Labute approximate surface area is 66.5 Å². The minimum absolute atomic E-state index is 0.439. The highest BCUT2D eigenvalue weighted by molar-refractivity contribution is 5.09. The van der Waals surface area contributed by atoms with Crippen LogP contribution in [0.2, 0.25) is 0 Å². The molecule has 0 aromatic carbocycles. The Hall–Kier alpha value is -0.120. The van der Waals surface area contributed by atoms with Crippen molar-refractivity contribution in [2.75, 3.05) is 13.2 Å². The molecule has 1 aliphatic carbocycles. The second-order valence-corrected chi connectivity index (χ2v) is 3.84. The van der Waals surface area contributed by atoms with Gasteiger partial charge in [0.2, 0.25) is 0 Å². The molecule has 0 spiro atoms. The number of hydrogen-bond donors (Lipinski definition) is 2. The van der Waals surface area contributed by atoms with Gasteiger partial charge in [0.1, 0.15) is 0 Å². The summed E-state index contributed by atoms with van der Waals surface area (Å²) in [5.41, 5.74) is 4.98. The molecule has 11 heavy (non-hydrogen) atoms. The van der Waals surface area contributed by atoms with E-state index in [1.54, 1.807) is 0 Å². The van der Waals surface area contributed by atoms with E-state index in [9.17, 15) is 5.11 Å².